The maximum atomic E-state index is 13.0. The number of carbonyl (C=O) groups is 2. The maximum Gasteiger partial charge on any atom is 0.255 e. The number of carbonyl (C=O) groups excluding carboxylic acids is 2. The number of anilines is 2. The number of rotatable bonds is 7. The van der Waals surface area contributed by atoms with Crippen LogP contribution >= 0.6 is 0 Å². The van der Waals surface area contributed by atoms with Gasteiger partial charge in [0.15, 0.2) is 5.78 Å². The van der Waals surface area contributed by atoms with Gasteiger partial charge in [-0.05, 0) is 86.4 Å². The molecule has 3 aromatic carbocycles. The lowest BCUT2D eigenvalue weighted by atomic mass is 9.99. The van der Waals surface area contributed by atoms with Crippen LogP contribution in [0.2, 0.25) is 0 Å². The van der Waals surface area contributed by atoms with Crippen LogP contribution in [0.25, 0.3) is 22.3 Å². The molecular formula is C30H29N3O3. The molecule has 6 heteroatoms. The Morgan fingerprint density at radius 1 is 0.944 bits per heavy atom. The van der Waals surface area contributed by atoms with Gasteiger partial charge in [-0.1, -0.05) is 18.2 Å². The van der Waals surface area contributed by atoms with Gasteiger partial charge in [0.05, 0.1) is 5.69 Å². The van der Waals surface area contributed by atoms with Crippen molar-refractivity contribution in [1.82, 2.24) is 4.90 Å². The summed E-state index contributed by atoms with van der Waals surface area (Å²) >= 11 is 0. The standard InChI is InChI=1S/C30H29N3O3/c34-26-14-12-24-23(28-19-21-5-1-2-6-27(21)36-28)11-13-25(29(24)26)32-30(35)20-7-9-22(10-8-20)31-15-18-33-16-3-4-17-33/h1-2,5-11,13,19,31H,3-4,12,14-18H2,(H,32,35). The minimum atomic E-state index is -0.225. The Kier molecular flexibility index (Phi) is 6.03. The summed E-state index contributed by atoms with van der Waals surface area (Å²) in [5, 5.41) is 7.43. The number of fused-ring (bicyclic) bond motifs is 2. The number of nitrogens with one attached hydrogen (secondary N) is 2. The van der Waals surface area contributed by atoms with Crippen LogP contribution in [0.3, 0.4) is 0 Å². The summed E-state index contributed by atoms with van der Waals surface area (Å²) in [4.78, 5) is 28.3. The van der Waals surface area contributed by atoms with E-state index >= 15 is 0 Å². The zero-order valence-electron chi connectivity index (χ0n) is 20.2. The Hall–Kier alpha value is -3.90. The fourth-order valence-corrected chi connectivity index (χ4v) is 5.34. The molecule has 0 atom stereocenters. The zero-order chi connectivity index (χ0) is 24.5. The Morgan fingerprint density at radius 3 is 2.56 bits per heavy atom. The predicted molar refractivity (Wildman–Crippen MR) is 143 cm³/mol. The first kappa shape index (κ1) is 22.6. The highest BCUT2D eigenvalue weighted by Gasteiger charge is 2.28. The quantitative estimate of drug-likeness (QED) is 0.341. The molecule has 1 aromatic heterocycles. The van der Waals surface area contributed by atoms with Gasteiger partial charge in [-0.2, -0.15) is 0 Å². The number of ketones is 1. The number of nitrogens with zero attached hydrogens (tertiary/aromatic N) is 1. The van der Waals surface area contributed by atoms with Crippen LogP contribution in [0, 0.1) is 0 Å². The van der Waals surface area contributed by atoms with Gasteiger partial charge in [-0.25, -0.2) is 0 Å². The normalized spacial score (nSPS) is 15.4. The fourth-order valence-electron chi connectivity index (χ4n) is 5.34. The number of para-hydroxylation sites is 1. The molecule has 1 aliphatic carbocycles. The van der Waals surface area contributed by atoms with Crippen molar-refractivity contribution in [3.8, 4) is 11.3 Å². The van der Waals surface area contributed by atoms with E-state index in [4.69, 9.17) is 4.42 Å². The van der Waals surface area contributed by atoms with Crippen LogP contribution in [0.4, 0.5) is 11.4 Å². The highest BCUT2D eigenvalue weighted by Crippen LogP contribution is 2.39. The Bertz CT molecular complexity index is 1400. The molecule has 1 amide bonds. The Labute approximate surface area is 210 Å². The lowest BCUT2D eigenvalue weighted by Gasteiger charge is -2.15. The number of Topliss-reactive ketones (excluding diaryl/α,β-unsaturated/α-hetero) is 1. The van der Waals surface area contributed by atoms with Crippen molar-refractivity contribution < 1.29 is 14.0 Å². The van der Waals surface area contributed by atoms with Crippen molar-refractivity contribution in [2.24, 2.45) is 0 Å². The summed E-state index contributed by atoms with van der Waals surface area (Å²) in [5.41, 5.74) is 5.38. The van der Waals surface area contributed by atoms with E-state index in [1.165, 1.54) is 25.9 Å². The molecule has 6 nitrogen and oxygen atoms in total. The Balaban J connectivity index is 1.18. The minimum Gasteiger partial charge on any atom is -0.456 e. The molecule has 2 aliphatic rings. The summed E-state index contributed by atoms with van der Waals surface area (Å²) in [6.45, 7) is 4.29. The third-order valence-corrected chi connectivity index (χ3v) is 7.24. The molecule has 0 radical (unpaired) electrons. The van der Waals surface area contributed by atoms with Crippen LogP contribution in [0.1, 0.15) is 45.5 Å². The van der Waals surface area contributed by atoms with Gasteiger partial charge in [0.25, 0.3) is 5.91 Å². The third kappa shape index (κ3) is 4.40. The number of likely N-dealkylation sites (tertiary alicyclic amines) is 1. The second kappa shape index (κ2) is 9.63. The first-order valence-corrected chi connectivity index (χ1v) is 12.7. The van der Waals surface area contributed by atoms with Gasteiger partial charge in [-0.15, -0.1) is 0 Å². The van der Waals surface area contributed by atoms with E-state index in [-0.39, 0.29) is 11.7 Å². The molecule has 1 saturated heterocycles. The Morgan fingerprint density at radius 2 is 1.75 bits per heavy atom. The van der Waals surface area contributed by atoms with Crippen LogP contribution < -0.4 is 10.6 Å². The molecule has 0 bridgehead atoms. The summed E-state index contributed by atoms with van der Waals surface area (Å²) in [7, 11) is 0. The monoisotopic (exact) mass is 479 g/mol. The van der Waals surface area contributed by atoms with Crippen molar-refractivity contribution in [2.45, 2.75) is 25.7 Å². The third-order valence-electron chi connectivity index (χ3n) is 7.24. The lowest BCUT2D eigenvalue weighted by Crippen LogP contribution is -2.25. The van der Waals surface area contributed by atoms with Crippen LogP contribution in [-0.4, -0.2) is 42.8 Å². The average Bonchev–Trinajstić information content (AvgIpc) is 3.65. The smallest absolute Gasteiger partial charge is 0.255 e. The molecule has 6 rings (SSSR count). The summed E-state index contributed by atoms with van der Waals surface area (Å²) in [6.07, 6.45) is 3.66. The van der Waals surface area contributed by atoms with E-state index in [0.717, 1.165) is 46.6 Å². The van der Waals surface area contributed by atoms with Crippen molar-refractivity contribution in [2.75, 3.05) is 36.8 Å². The van der Waals surface area contributed by atoms with Gasteiger partial charge in [0.1, 0.15) is 11.3 Å². The predicted octanol–water partition coefficient (Wildman–Crippen LogP) is 5.99. The summed E-state index contributed by atoms with van der Waals surface area (Å²) in [5.74, 6) is 0.570. The molecule has 0 unspecified atom stereocenters. The van der Waals surface area contributed by atoms with E-state index in [9.17, 15) is 9.59 Å². The number of hydrogen-bond donors (Lipinski definition) is 2. The van der Waals surface area contributed by atoms with Gasteiger partial charge in [-0.3, -0.25) is 9.59 Å². The number of benzene rings is 3. The van der Waals surface area contributed by atoms with Crippen LogP contribution in [-0.2, 0) is 6.42 Å². The SMILES string of the molecule is O=C(Nc1ccc(-c2cc3ccccc3o2)c2c1C(=O)CC2)c1ccc(NCCN2CCCC2)cc1. The van der Waals surface area contributed by atoms with Crippen molar-refractivity contribution in [3.05, 3.63) is 83.4 Å². The number of furan rings is 1. The average molecular weight is 480 g/mol. The first-order valence-electron chi connectivity index (χ1n) is 12.7. The number of amides is 1. The van der Waals surface area contributed by atoms with Crippen molar-refractivity contribution in [1.29, 1.82) is 0 Å². The first-order chi connectivity index (χ1) is 17.7. The molecule has 4 aromatic rings. The molecule has 1 fully saturated rings. The maximum absolute atomic E-state index is 13.0. The van der Waals surface area contributed by atoms with Gasteiger partial charge >= 0.3 is 0 Å². The topological polar surface area (TPSA) is 74.6 Å². The van der Waals surface area contributed by atoms with E-state index in [1.54, 1.807) is 0 Å². The van der Waals surface area contributed by atoms with Gasteiger partial charge < -0.3 is 20.0 Å². The molecule has 0 saturated carbocycles. The lowest BCUT2D eigenvalue weighted by molar-refractivity contribution is 0.0995. The second-order valence-corrected chi connectivity index (χ2v) is 9.59. The molecule has 0 spiro atoms. The van der Waals surface area contributed by atoms with Crippen molar-refractivity contribution in [3.63, 3.8) is 0 Å². The van der Waals surface area contributed by atoms with E-state index in [2.05, 4.69) is 15.5 Å². The van der Waals surface area contributed by atoms with Crippen LogP contribution in [0.15, 0.2) is 71.1 Å². The minimum absolute atomic E-state index is 0.0517. The van der Waals surface area contributed by atoms with Crippen LogP contribution in [0.5, 0.6) is 0 Å². The highest BCUT2D eigenvalue weighted by atomic mass is 16.3. The van der Waals surface area contributed by atoms with E-state index in [1.807, 2.05) is 66.7 Å². The van der Waals surface area contributed by atoms with Gasteiger partial charge in [0, 0.05) is 47.3 Å². The van der Waals surface area contributed by atoms with Crippen molar-refractivity contribution >= 4 is 34.0 Å². The molecular weight excluding hydrogens is 450 g/mol. The second-order valence-electron chi connectivity index (χ2n) is 9.59. The molecule has 2 heterocycles. The number of hydrogen-bond acceptors (Lipinski definition) is 5. The molecule has 2 N–H and O–H groups in total. The summed E-state index contributed by atoms with van der Waals surface area (Å²) in [6, 6.07) is 21.1. The van der Waals surface area contributed by atoms with E-state index < -0.39 is 0 Å². The highest BCUT2D eigenvalue weighted by molar-refractivity contribution is 6.12. The largest absolute Gasteiger partial charge is 0.456 e. The molecule has 1 aliphatic heterocycles. The zero-order valence-corrected chi connectivity index (χ0v) is 20.2. The fraction of sp³-hybridized carbons (Fsp3) is 0.267. The molecule has 182 valence electrons. The van der Waals surface area contributed by atoms with E-state index in [0.29, 0.717) is 29.7 Å². The van der Waals surface area contributed by atoms with Gasteiger partial charge in [0.2, 0.25) is 0 Å². The molecule has 36 heavy (non-hydrogen) atoms. The summed E-state index contributed by atoms with van der Waals surface area (Å²) < 4.78 is 6.07.